The van der Waals surface area contributed by atoms with Gasteiger partial charge in [0.2, 0.25) is 6.41 Å². The summed E-state index contributed by atoms with van der Waals surface area (Å²) in [5.74, 6) is 0.410. The standard InChI is InChI=1S/C28H33ClFN7OS/c1-17-12-22(20-6-7-24(30)26-25(20)33-28(31)39-26)23(29)13-21(17)27(36-14-18-4-5-19(15-36)32-18)34-37(16-38)11-10-35-8-2-3-9-35/h6-7,12-13,16,18-19,32H,2-5,8-11,14-15H2,1H3,(H2,31,33)/b34-27+. The van der Waals surface area contributed by atoms with E-state index in [-0.39, 0.29) is 5.82 Å². The predicted molar refractivity (Wildman–Crippen MR) is 156 cm³/mol. The summed E-state index contributed by atoms with van der Waals surface area (Å²) in [5.41, 5.74) is 9.76. The fraction of sp³-hybridized carbons (Fsp3) is 0.464. The van der Waals surface area contributed by atoms with Crippen LogP contribution in [0.25, 0.3) is 21.3 Å². The van der Waals surface area contributed by atoms with Crippen molar-refractivity contribution in [2.24, 2.45) is 5.10 Å². The molecule has 3 aromatic rings. The Bertz CT molecular complexity index is 1410. The molecule has 2 atom stereocenters. The van der Waals surface area contributed by atoms with Crippen molar-refractivity contribution in [2.45, 2.75) is 44.7 Å². The number of anilines is 1. The molecule has 0 spiro atoms. The zero-order valence-corrected chi connectivity index (χ0v) is 23.6. The van der Waals surface area contributed by atoms with Gasteiger partial charge in [-0.15, -0.1) is 0 Å². The maximum atomic E-state index is 14.5. The molecule has 0 radical (unpaired) electrons. The zero-order chi connectivity index (χ0) is 27.1. The molecule has 2 bridgehead atoms. The Labute approximate surface area is 236 Å². The number of aromatic nitrogens is 1. The van der Waals surface area contributed by atoms with Gasteiger partial charge < -0.3 is 20.9 Å². The summed E-state index contributed by atoms with van der Waals surface area (Å²) >= 11 is 8.06. The Kier molecular flexibility index (Phi) is 7.45. The van der Waals surface area contributed by atoms with Crippen molar-refractivity contribution in [3.05, 3.63) is 46.2 Å². The number of halogens is 2. The number of hydrogen-bond donors (Lipinski definition) is 2. The number of thiazole rings is 1. The summed E-state index contributed by atoms with van der Waals surface area (Å²) < 4.78 is 14.9. The van der Waals surface area contributed by atoms with Crippen LogP contribution in [0.3, 0.4) is 0 Å². The van der Waals surface area contributed by atoms with Gasteiger partial charge in [0.25, 0.3) is 0 Å². The van der Waals surface area contributed by atoms with Crippen LogP contribution in [0.4, 0.5) is 9.52 Å². The number of nitrogens with zero attached hydrogens (tertiary/aromatic N) is 5. The second-order valence-corrected chi connectivity index (χ2v) is 12.2. The second-order valence-electron chi connectivity index (χ2n) is 10.8. The molecule has 3 fully saturated rings. The minimum atomic E-state index is -0.349. The van der Waals surface area contributed by atoms with Crippen molar-refractivity contribution in [2.75, 3.05) is 45.0 Å². The second kappa shape index (κ2) is 11.0. The number of nitrogens with two attached hydrogens (primary N) is 1. The quantitative estimate of drug-likeness (QED) is 0.191. The summed E-state index contributed by atoms with van der Waals surface area (Å²) in [6.07, 6.45) is 5.50. The third kappa shape index (κ3) is 5.35. The van der Waals surface area contributed by atoms with Gasteiger partial charge in [-0.1, -0.05) is 22.9 Å². The maximum Gasteiger partial charge on any atom is 0.229 e. The Morgan fingerprint density at radius 2 is 2.00 bits per heavy atom. The normalized spacial score (nSPS) is 21.7. The Morgan fingerprint density at radius 3 is 2.72 bits per heavy atom. The number of carbonyl (C=O) groups is 1. The highest BCUT2D eigenvalue weighted by Crippen LogP contribution is 2.39. The number of piperazine rings is 1. The van der Waals surface area contributed by atoms with Crippen molar-refractivity contribution >= 4 is 50.5 Å². The van der Waals surface area contributed by atoms with Crippen molar-refractivity contribution in [3.8, 4) is 11.1 Å². The summed E-state index contributed by atoms with van der Waals surface area (Å²) in [6.45, 7) is 7.15. The Balaban J connectivity index is 1.38. The molecule has 0 aliphatic carbocycles. The number of hydrogen-bond acceptors (Lipinski definition) is 7. The minimum Gasteiger partial charge on any atom is -0.375 e. The molecule has 3 aliphatic rings. The lowest BCUT2D eigenvalue weighted by molar-refractivity contribution is -0.118. The summed E-state index contributed by atoms with van der Waals surface area (Å²) in [4.78, 5) is 21.2. The highest BCUT2D eigenvalue weighted by atomic mass is 35.5. The number of carbonyl (C=O) groups excluding carboxylic acids is 1. The maximum absolute atomic E-state index is 14.5. The molecule has 0 saturated carbocycles. The largest absolute Gasteiger partial charge is 0.375 e. The highest BCUT2D eigenvalue weighted by molar-refractivity contribution is 7.22. The van der Waals surface area contributed by atoms with E-state index in [1.807, 2.05) is 19.1 Å². The molecule has 2 aromatic carbocycles. The van der Waals surface area contributed by atoms with E-state index in [4.69, 9.17) is 22.4 Å². The molecule has 4 heterocycles. The van der Waals surface area contributed by atoms with E-state index in [9.17, 15) is 9.18 Å². The molecule has 3 saturated heterocycles. The first-order valence-electron chi connectivity index (χ1n) is 13.6. The first kappa shape index (κ1) is 26.4. The lowest BCUT2D eigenvalue weighted by Gasteiger charge is -2.36. The van der Waals surface area contributed by atoms with Crippen LogP contribution < -0.4 is 11.1 Å². The van der Waals surface area contributed by atoms with Crippen LogP contribution in [0.5, 0.6) is 0 Å². The van der Waals surface area contributed by atoms with Crippen LogP contribution in [0.2, 0.25) is 5.02 Å². The molecular weight excluding hydrogens is 537 g/mol. The average Bonchev–Trinajstić information content (AvgIpc) is 3.66. The van der Waals surface area contributed by atoms with Crippen LogP contribution in [0.1, 0.15) is 36.8 Å². The molecule has 3 aliphatic heterocycles. The van der Waals surface area contributed by atoms with Gasteiger partial charge >= 0.3 is 0 Å². The molecule has 8 nitrogen and oxygen atoms in total. The third-order valence-electron chi connectivity index (χ3n) is 8.06. The Hall–Kier alpha value is -2.79. The SMILES string of the molecule is Cc1cc(-c2ccc(F)c3sc(N)nc23)c(Cl)cc1/C(=N\N(C=O)CCN1CCCC1)N1CC2CCC(C1)N2. The van der Waals surface area contributed by atoms with Crippen molar-refractivity contribution in [3.63, 3.8) is 0 Å². The van der Waals surface area contributed by atoms with Crippen molar-refractivity contribution in [1.82, 2.24) is 25.1 Å². The van der Waals surface area contributed by atoms with Gasteiger partial charge in [-0.2, -0.15) is 5.10 Å². The van der Waals surface area contributed by atoms with Gasteiger partial charge in [-0.3, -0.25) is 4.79 Å². The number of amidine groups is 1. The summed E-state index contributed by atoms with van der Waals surface area (Å²) in [7, 11) is 0. The van der Waals surface area contributed by atoms with Crippen molar-refractivity contribution < 1.29 is 9.18 Å². The zero-order valence-electron chi connectivity index (χ0n) is 22.0. The van der Waals surface area contributed by atoms with Crippen molar-refractivity contribution in [1.29, 1.82) is 0 Å². The number of hydrazone groups is 1. The monoisotopic (exact) mass is 569 g/mol. The molecule has 3 N–H and O–H groups in total. The van der Waals surface area contributed by atoms with Crippen LogP contribution in [0, 0.1) is 12.7 Å². The number of benzene rings is 2. The van der Waals surface area contributed by atoms with E-state index >= 15 is 0 Å². The van der Waals surface area contributed by atoms with E-state index in [1.54, 1.807) is 6.07 Å². The third-order valence-corrected chi connectivity index (χ3v) is 9.27. The van der Waals surface area contributed by atoms with Gasteiger partial charge in [-0.25, -0.2) is 14.4 Å². The fourth-order valence-corrected chi connectivity index (χ4v) is 7.12. The molecule has 11 heteroatoms. The number of nitrogens with one attached hydrogen (secondary N) is 1. The average molecular weight is 570 g/mol. The van der Waals surface area contributed by atoms with Gasteiger partial charge in [0, 0.05) is 53.4 Å². The number of likely N-dealkylation sites (tertiary alicyclic amines) is 2. The molecule has 206 valence electrons. The molecule has 2 unspecified atom stereocenters. The van der Waals surface area contributed by atoms with Crippen LogP contribution in [-0.4, -0.2) is 83.4 Å². The smallest absolute Gasteiger partial charge is 0.229 e. The van der Waals surface area contributed by atoms with E-state index in [0.717, 1.165) is 91.4 Å². The van der Waals surface area contributed by atoms with Gasteiger partial charge in [0.05, 0.1) is 16.8 Å². The van der Waals surface area contributed by atoms with Crippen LogP contribution in [-0.2, 0) is 4.79 Å². The molecule has 39 heavy (non-hydrogen) atoms. The van der Waals surface area contributed by atoms with E-state index in [1.165, 1.54) is 23.9 Å². The van der Waals surface area contributed by atoms with E-state index in [0.29, 0.717) is 39.0 Å². The van der Waals surface area contributed by atoms with Gasteiger partial charge in [0.15, 0.2) is 11.0 Å². The van der Waals surface area contributed by atoms with E-state index in [2.05, 4.69) is 20.1 Å². The lowest BCUT2D eigenvalue weighted by Crippen LogP contribution is -2.53. The Morgan fingerprint density at radius 1 is 1.26 bits per heavy atom. The molecule has 1 aromatic heterocycles. The van der Waals surface area contributed by atoms with E-state index < -0.39 is 0 Å². The highest BCUT2D eigenvalue weighted by Gasteiger charge is 2.35. The summed E-state index contributed by atoms with van der Waals surface area (Å²) in [6, 6.07) is 7.86. The van der Waals surface area contributed by atoms with Gasteiger partial charge in [-0.05, 0) is 75.5 Å². The molecule has 1 amide bonds. The summed E-state index contributed by atoms with van der Waals surface area (Å²) in [5, 5.41) is 11.0. The number of amides is 1. The minimum absolute atomic E-state index is 0.312. The number of rotatable bonds is 7. The first-order valence-corrected chi connectivity index (χ1v) is 14.8. The molecule has 6 rings (SSSR count). The molecular formula is C28H33ClFN7OS. The fourth-order valence-electron chi connectivity index (χ4n) is 6.09. The van der Waals surface area contributed by atoms with Crippen LogP contribution >= 0.6 is 22.9 Å². The topological polar surface area (TPSA) is 90.1 Å². The first-order chi connectivity index (χ1) is 18.9. The van der Waals surface area contributed by atoms with Crippen LogP contribution in [0.15, 0.2) is 29.4 Å². The number of nitrogen functional groups attached to an aromatic ring is 1. The number of fused-ring (bicyclic) bond motifs is 3. The van der Waals surface area contributed by atoms with Gasteiger partial charge in [0.1, 0.15) is 5.82 Å². The number of aryl methyl sites for hydroxylation is 1. The lowest BCUT2D eigenvalue weighted by atomic mass is 9.97. The predicted octanol–water partition coefficient (Wildman–Crippen LogP) is 4.30.